The molecular weight excluding hydrogens is 777 g/mol. The Labute approximate surface area is 368 Å². The van der Waals surface area contributed by atoms with Crippen LogP contribution in [0.3, 0.4) is 0 Å². The molecule has 3 heteroatoms. The molecule has 0 fully saturated rings. The Hall–Kier alpha value is -7.98. The molecule has 0 unspecified atom stereocenters. The molecular formula is C60H42N2Si. The highest BCUT2D eigenvalue weighted by atomic mass is 28.3. The van der Waals surface area contributed by atoms with Gasteiger partial charge < -0.3 is 9.47 Å². The molecule has 0 aliphatic heterocycles. The SMILES string of the molecule is c1ccc(-n2c3cccc4ccc5c(N(c6ccc(-c7cccc([Si](c8ccccc8)(c8ccccc8)c8ccccc8)c7)cc6)c6cccc7ccccc67)ccc2c5c43)cc1. The van der Waals surface area contributed by atoms with Crippen molar-refractivity contribution >= 4 is 89.2 Å². The van der Waals surface area contributed by atoms with Crippen molar-refractivity contribution in [1.29, 1.82) is 0 Å². The van der Waals surface area contributed by atoms with Crippen molar-refractivity contribution in [2.75, 3.05) is 4.90 Å². The molecule has 2 nitrogen and oxygen atoms in total. The number of nitrogens with zero attached hydrogens (tertiary/aromatic N) is 2. The van der Waals surface area contributed by atoms with Crippen LogP contribution in [0.1, 0.15) is 0 Å². The van der Waals surface area contributed by atoms with Crippen LogP contribution in [0.2, 0.25) is 0 Å². The third kappa shape index (κ3) is 5.93. The van der Waals surface area contributed by atoms with Crippen molar-refractivity contribution in [3.05, 3.63) is 255 Å². The molecule has 63 heavy (non-hydrogen) atoms. The normalized spacial score (nSPS) is 11.8. The number of anilines is 3. The van der Waals surface area contributed by atoms with Crippen molar-refractivity contribution in [2.24, 2.45) is 0 Å². The van der Waals surface area contributed by atoms with Gasteiger partial charge in [-0.15, -0.1) is 0 Å². The maximum Gasteiger partial charge on any atom is 0.179 e. The summed E-state index contributed by atoms with van der Waals surface area (Å²) >= 11 is 0. The zero-order valence-electron chi connectivity index (χ0n) is 34.6. The lowest BCUT2D eigenvalue weighted by Gasteiger charge is -2.34. The Balaban J connectivity index is 1.04. The van der Waals surface area contributed by atoms with Crippen molar-refractivity contribution in [3.63, 3.8) is 0 Å². The van der Waals surface area contributed by atoms with E-state index in [1.807, 2.05) is 0 Å². The lowest BCUT2D eigenvalue weighted by Crippen LogP contribution is -2.74. The summed E-state index contributed by atoms with van der Waals surface area (Å²) in [6.45, 7) is 0. The molecule has 0 spiro atoms. The molecule has 296 valence electrons. The standard InChI is InChI=1S/C60H42N2Si/c1-5-22-47(23-6-1)62-57-33-17-20-45-36-39-54-56(40-41-58(62)60(54)59(45)57)61(55-32-16-19-44-18-13-14-31-53(44)55)48-37-34-43(35-38-48)46-21-15-30-52(42-46)63(49-24-7-2-8-25-49,50-26-9-3-10-27-50)51-28-11-4-12-29-51/h1-42H. The van der Waals surface area contributed by atoms with Crippen LogP contribution in [0.5, 0.6) is 0 Å². The van der Waals surface area contributed by atoms with Crippen molar-refractivity contribution in [3.8, 4) is 16.8 Å². The predicted molar refractivity (Wildman–Crippen MR) is 271 cm³/mol. The minimum atomic E-state index is -2.69. The van der Waals surface area contributed by atoms with Gasteiger partial charge in [0.15, 0.2) is 8.07 Å². The first-order valence-corrected chi connectivity index (χ1v) is 23.8. The van der Waals surface area contributed by atoms with Gasteiger partial charge in [-0.3, -0.25) is 0 Å². The van der Waals surface area contributed by atoms with E-state index in [1.165, 1.54) is 75.2 Å². The van der Waals surface area contributed by atoms with Gasteiger partial charge in [0.25, 0.3) is 0 Å². The first-order valence-electron chi connectivity index (χ1n) is 21.8. The van der Waals surface area contributed by atoms with Gasteiger partial charge in [0.05, 0.1) is 22.4 Å². The summed E-state index contributed by atoms with van der Waals surface area (Å²) in [4.78, 5) is 2.47. The van der Waals surface area contributed by atoms with Gasteiger partial charge >= 0.3 is 0 Å². The summed E-state index contributed by atoms with van der Waals surface area (Å²) < 4.78 is 2.42. The van der Waals surface area contributed by atoms with E-state index >= 15 is 0 Å². The van der Waals surface area contributed by atoms with E-state index in [9.17, 15) is 0 Å². The molecule has 0 bridgehead atoms. The van der Waals surface area contributed by atoms with Gasteiger partial charge in [-0.1, -0.05) is 206 Å². The lowest BCUT2D eigenvalue weighted by atomic mass is 9.99. The molecule has 0 atom stereocenters. The summed E-state index contributed by atoms with van der Waals surface area (Å²) in [5.74, 6) is 0. The number of benzene rings is 11. The highest BCUT2D eigenvalue weighted by Crippen LogP contribution is 2.47. The second kappa shape index (κ2) is 15.2. The molecule has 0 aliphatic carbocycles. The van der Waals surface area contributed by atoms with Crippen LogP contribution in [0.25, 0.3) is 60.2 Å². The van der Waals surface area contributed by atoms with E-state index in [2.05, 4.69) is 264 Å². The fourth-order valence-corrected chi connectivity index (χ4v) is 15.1. The van der Waals surface area contributed by atoms with Crippen molar-refractivity contribution in [1.82, 2.24) is 4.57 Å². The first kappa shape index (κ1) is 36.8. The van der Waals surface area contributed by atoms with E-state index in [-0.39, 0.29) is 0 Å². The lowest BCUT2D eigenvalue weighted by molar-refractivity contribution is 1.18. The van der Waals surface area contributed by atoms with Crippen LogP contribution in [0.4, 0.5) is 17.1 Å². The third-order valence-electron chi connectivity index (χ3n) is 13.1. The van der Waals surface area contributed by atoms with Crippen LogP contribution in [-0.2, 0) is 0 Å². The molecule has 0 radical (unpaired) electrons. The number of hydrogen-bond donors (Lipinski definition) is 0. The van der Waals surface area contributed by atoms with Crippen LogP contribution < -0.4 is 25.6 Å². The monoisotopic (exact) mass is 818 g/mol. The second-order valence-electron chi connectivity index (χ2n) is 16.4. The summed E-state index contributed by atoms with van der Waals surface area (Å²) in [5.41, 5.74) is 9.38. The average Bonchev–Trinajstić information content (AvgIpc) is 3.71. The van der Waals surface area contributed by atoms with Gasteiger partial charge in [0.1, 0.15) is 0 Å². The molecule has 0 saturated heterocycles. The maximum atomic E-state index is 2.47. The maximum absolute atomic E-state index is 2.69. The Bertz CT molecular complexity index is 3440. The summed E-state index contributed by atoms with van der Waals surface area (Å²) in [5, 5.41) is 12.9. The van der Waals surface area contributed by atoms with Crippen molar-refractivity contribution in [2.45, 2.75) is 0 Å². The van der Waals surface area contributed by atoms with Crippen LogP contribution >= 0.6 is 0 Å². The molecule has 12 aromatic rings. The topological polar surface area (TPSA) is 8.17 Å². The zero-order chi connectivity index (χ0) is 41.7. The molecule has 0 saturated carbocycles. The van der Waals surface area contributed by atoms with Gasteiger partial charge in [-0.05, 0) is 91.2 Å². The number of aromatic nitrogens is 1. The Morgan fingerprint density at radius 2 is 0.857 bits per heavy atom. The summed E-state index contributed by atoms with van der Waals surface area (Å²) in [7, 11) is -2.69. The Morgan fingerprint density at radius 3 is 1.56 bits per heavy atom. The van der Waals surface area contributed by atoms with E-state index in [1.54, 1.807) is 0 Å². The van der Waals surface area contributed by atoms with Crippen LogP contribution in [-0.4, -0.2) is 12.6 Å². The molecule has 0 amide bonds. The number of rotatable bonds is 9. The van der Waals surface area contributed by atoms with Crippen LogP contribution in [0, 0.1) is 0 Å². The highest BCUT2D eigenvalue weighted by Gasteiger charge is 2.41. The summed E-state index contributed by atoms with van der Waals surface area (Å²) in [6.07, 6.45) is 0. The number of para-hydroxylation sites is 1. The number of hydrogen-bond acceptors (Lipinski definition) is 1. The molecule has 12 rings (SSSR count). The molecule has 0 aliphatic rings. The second-order valence-corrected chi connectivity index (χ2v) is 20.3. The summed E-state index contributed by atoms with van der Waals surface area (Å²) in [6, 6.07) is 94.2. The Morgan fingerprint density at radius 1 is 0.317 bits per heavy atom. The third-order valence-corrected chi connectivity index (χ3v) is 17.8. The van der Waals surface area contributed by atoms with Crippen molar-refractivity contribution < 1.29 is 0 Å². The van der Waals surface area contributed by atoms with E-state index in [0.29, 0.717) is 0 Å². The van der Waals surface area contributed by atoms with E-state index in [4.69, 9.17) is 0 Å². The minimum Gasteiger partial charge on any atom is -0.309 e. The average molecular weight is 819 g/mol. The highest BCUT2D eigenvalue weighted by molar-refractivity contribution is 7.19. The smallest absolute Gasteiger partial charge is 0.179 e. The minimum absolute atomic E-state index is 1.11. The molecule has 1 heterocycles. The fourth-order valence-electron chi connectivity index (χ4n) is 10.3. The molecule has 0 N–H and O–H groups in total. The number of fused-ring (bicyclic) bond motifs is 1. The van der Waals surface area contributed by atoms with E-state index in [0.717, 1.165) is 22.7 Å². The van der Waals surface area contributed by atoms with Gasteiger partial charge in [0.2, 0.25) is 0 Å². The molecule has 11 aromatic carbocycles. The van der Waals surface area contributed by atoms with Gasteiger partial charge in [-0.25, -0.2) is 0 Å². The quantitative estimate of drug-likeness (QED) is 0.0800. The largest absolute Gasteiger partial charge is 0.309 e. The zero-order valence-corrected chi connectivity index (χ0v) is 35.6. The van der Waals surface area contributed by atoms with Gasteiger partial charge in [0, 0.05) is 32.9 Å². The predicted octanol–water partition coefficient (Wildman–Crippen LogP) is 13.0. The van der Waals surface area contributed by atoms with Gasteiger partial charge in [-0.2, -0.15) is 0 Å². The van der Waals surface area contributed by atoms with E-state index < -0.39 is 8.07 Å². The Kier molecular flexibility index (Phi) is 8.87. The fraction of sp³-hybridized carbons (Fsp3) is 0. The molecule has 1 aromatic heterocycles. The first-order chi connectivity index (χ1) is 31.3. The van der Waals surface area contributed by atoms with Crippen LogP contribution in [0.15, 0.2) is 255 Å².